The van der Waals surface area contributed by atoms with Gasteiger partial charge in [0.2, 0.25) is 0 Å². The number of nitrogens with zero attached hydrogens (tertiary/aromatic N) is 1. The summed E-state index contributed by atoms with van der Waals surface area (Å²) in [5, 5.41) is 8.28. The molecule has 0 radical (unpaired) electrons. The van der Waals surface area contributed by atoms with Crippen LogP contribution in [0.15, 0.2) is 0 Å². The summed E-state index contributed by atoms with van der Waals surface area (Å²) in [7, 11) is 0. The molecule has 0 aliphatic carbocycles. The minimum atomic E-state index is -0.377. The van der Waals surface area contributed by atoms with Gasteiger partial charge in [-0.3, -0.25) is 4.79 Å². The summed E-state index contributed by atoms with van der Waals surface area (Å²) >= 11 is 4.04. The van der Waals surface area contributed by atoms with E-state index < -0.39 is 0 Å². The number of rotatable bonds is 4. The van der Waals surface area contributed by atoms with E-state index in [4.69, 9.17) is 5.26 Å². The van der Waals surface area contributed by atoms with Gasteiger partial charge in [0.1, 0.15) is 0 Å². The van der Waals surface area contributed by atoms with Crippen molar-refractivity contribution >= 4 is 18.4 Å². The zero-order valence-corrected chi connectivity index (χ0v) is 7.82. The Hall–Kier alpha value is -0.490. The molecule has 0 aromatic rings. The molecule has 0 aromatic carbocycles. The van der Waals surface area contributed by atoms with Gasteiger partial charge in [-0.1, -0.05) is 13.8 Å². The van der Waals surface area contributed by atoms with Crippen molar-refractivity contribution in [2.24, 2.45) is 5.41 Å². The van der Waals surface area contributed by atoms with E-state index in [0.717, 1.165) is 6.42 Å². The lowest BCUT2D eigenvalue weighted by atomic mass is 9.84. The Kier molecular flexibility index (Phi) is 4.20. The summed E-state index contributed by atoms with van der Waals surface area (Å²) < 4.78 is 0. The number of hydrogen-bond donors (Lipinski definition) is 1. The first-order chi connectivity index (χ1) is 5.04. The van der Waals surface area contributed by atoms with Crippen LogP contribution in [0, 0.1) is 16.7 Å². The number of hydrogen-bond acceptors (Lipinski definition) is 3. The van der Waals surface area contributed by atoms with Gasteiger partial charge in [-0.05, 0) is 12.2 Å². The molecular formula is C8H13NOS. The van der Waals surface area contributed by atoms with E-state index in [2.05, 4.69) is 12.6 Å². The molecule has 0 bridgehead atoms. The van der Waals surface area contributed by atoms with E-state index in [9.17, 15) is 4.79 Å². The summed E-state index contributed by atoms with van der Waals surface area (Å²) in [6.07, 6.45) is 0.747. The van der Waals surface area contributed by atoms with Crippen molar-refractivity contribution in [1.29, 1.82) is 5.26 Å². The average Bonchev–Trinajstić information content (AvgIpc) is 1.88. The van der Waals surface area contributed by atoms with Crippen LogP contribution in [0.4, 0.5) is 0 Å². The van der Waals surface area contributed by atoms with Gasteiger partial charge in [-0.15, -0.1) is 0 Å². The molecule has 0 aromatic heterocycles. The molecule has 0 N–H and O–H groups in total. The Morgan fingerprint density at radius 3 is 2.55 bits per heavy atom. The highest BCUT2D eigenvalue weighted by atomic mass is 32.1. The number of carbonyl (C=O) groups excluding carboxylic acids is 1. The average molecular weight is 171 g/mol. The Bertz CT molecular complexity index is 181. The van der Waals surface area contributed by atoms with E-state index in [0.29, 0.717) is 5.75 Å². The number of thiol groups is 1. The van der Waals surface area contributed by atoms with Crippen molar-refractivity contribution in [2.45, 2.75) is 26.7 Å². The van der Waals surface area contributed by atoms with Crippen LogP contribution in [0.2, 0.25) is 0 Å². The van der Waals surface area contributed by atoms with Crippen molar-refractivity contribution in [1.82, 2.24) is 0 Å². The second kappa shape index (κ2) is 4.40. The first-order valence-electron chi connectivity index (χ1n) is 3.55. The second-order valence-electron chi connectivity index (χ2n) is 3.12. The van der Waals surface area contributed by atoms with Crippen LogP contribution in [0.25, 0.3) is 0 Å². The lowest BCUT2D eigenvalue weighted by Crippen LogP contribution is -2.24. The molecule has 0 unspecified atom stereocenters. The first-order valence-corrected chi connectivity index (χ1v) is 4.19. The highest BCUT2D eigenvalue weighted by Gasteiger charge is 2.25. The van der Waals surface area contributed by atoms with E-state index >= 15 is 0 Å². The molecular weight excluding hydrogens is 158 g/mol. The van der Waals surface area contributed by atoms with Crippen LogP contribution in [0.3, 0.4) is 0 Å². The summed E-state index contributed by atoms with van der Waals surface area (Å²) in [5.41, 5.74) is -0.377. The predicted molar refractivity (Wildman–Crippen MR) is 47.5 cm³/mol. The van der Waals surface area contributed by atoms with Crippen LogP contribution in [0.1, 0.15) is 26.7 Å². The summed E-state index contributed by atoms with van der Waals surface area (Å²) in [6.45, 7) is 3.70. The number of nitriles is 1. The van der Waals surface area contributed by atoms with Crippen LogP contribution in [-0.2, 0) is 4.79 Å². The maximum Gasteiger partial charge on any atom is 0.152 e. The highest BCUT2D eigenvalue weighted by molar-refractivity contribution is 7.80. The minimum absolute atomic E-state index is 0.00838. The van der Waals surface area contributed by atoms with Gasteiger partial charge in [0.05, 0.1) is 12.5 Å². The Balaban J connectivity index is 4.08. The molecule has 3 heteroatoms. The Morgan fingerprint density at radius 1 is 1.64 bits per heavy atom. The first kappa shape index (κ1) is 10.5. The van der Waals surface area contributed by atoms with Gasteiger partial charge in [0.25, 0.3) is 0 Å². The van der Waals surface area contributed by atoms with Crippen LogP contribution in [-0.4, -0.2) is 11.5 Å². The monoisotopic (exact) mass is 171 g/mol. The topological polar surface area (TPSA) is 40.9 Å². The van der Waals surface area contributed by atoms with Crippen molar-refractivity contribution in [3.8, 4) is 6.07 Å². The number of ketones is 1. The third-order valence-corrected chi connectivity index (χ3v) is 1.95. The Morgan fingerprint density at radius 2 is 2.18 bits per heavy atom. The van der Waals surface area contributed by atoms with Gasteiger partial charge >= 0.3 is 0 Å². The fourth-order valence-corrected chi connectivity index (χ4v) is 1.29. The van der Waals surface area contributed by atoms with Crippen molar-refractivity contribution in [3.63, 3.8) is 0 Å². The van der Waals surface area contributed by atoms with Gasteiger partial charge in [-0.2, -0.15) is 17.9 Å². The maximum absolute atomic E-state index is 11.2. The molecule has 0 amide bonds. The lowest BCUT2D eigenvalue weighted by Gasteiger charge is -2.19. The van der Waals surface area contributed by atoms with Crippen molar-refractivity contribution in [2.75, 3.05) is 5.75 Å². The maximum atomic E-state index is 11.2. The van der Waals surface area contributed by atoms with Crippen molar-refractivity contribution < 1.29 is 4.79 Å². The molecule has 2 nitrogen and oxygen atoms in total. The van der Waals surface area contributed by atoms with Crippen molar-refractivity contribution in [3.05, 3.63) is 0 Å². The summed E-state index contributed by atoms with van der Waals surface area (Å²) in [5.74, 6) is 0.693. The van der Waals surface area contributed by atoms with Gasteiger partial charge in [0.15, 0.2) is 5.78 Å². The zero-order chi connectivity index (χ0) is 8.91. The van der Waals surface area contributed by atoms with E-state index in [1.165, 1.54) is 0 Å². The molecule has 0 rings (SSSR count). The lowest BCUT2D eigenvalue weighted by molar-refractivity contribution is -0.126. The highest BCUT2D eigenvalue weighted by Crippen LogP contribution is 2.23. The van der Waals surface area contributed by atoms with Crippen LogP contribution >= 0.6 is 12.6 Å². The molecule has 0 aliphatic rings. The molecule has 0 spiro atoms. The summed E-state index contributed by atoms with van der Waals surface area (Å²) in [6, 6.07) is 1.86. The SMILES string of the molecule is CC(C)(CCS)C(=O)CC#N. The number of Topliss-reactive ketones (excluding diaryl/α,β-unsaturated/α-hetero) is 1. The minimum Gasteiger partial charge on any atom is -0.298 e. The quantitative estimate of drug-likeness (QED) is 0.655. The largest absolute Gasteiger partial charge is 0.298 e. The molecule has 0 heterocycles. The van der Waals surface area contributed by atoms with Gasteiger partial charge in [0, 0.05) is 5.41 Å². The van der Waals surface area contributed by atoms with E-state index in [1.807, 2.05) is 19.9 Å². The molecule has 0 saturated carbocycles. The zero-order valence-electron chi connectivity index (χ0n) is 6.92. The molecule has 62 valence electrons. The third-order valence-electron chi connectivity index (χ3n) is 1.73. The van der Waals surface area contributed by atoms with E-state index in [-0.39, 0.29) is 17.6 Å². The van der Waals surface area contributed by atoms with Gasteiger partial charge in [-0.25, -0.2) is 0 Å². The van der Waals surface area contributed by atoms with Crippen LogP contribution in [0.5, 0.6) is 0 Å². The van der Waals surface area contributed by atoms with E-state index in [1.54, 1.807) is 0 Å². The molecule has 0 aliphatic heterocycles. The standard InChI is InChI=1S/C8H13NOS/c1-8(2,4-6-11)7(10)3-5-9/h11H,3-4,6H2,1-2H3. The fraction of sp³-hybridized carbons (Fsp3) is 0.750. The van der Waals surface area contributed by atoms with Gasteiger partial charge < -0.3 is 0 Å². The molecule has 11 heavy (non-hydrogen) atoms. The molecule has 0 atom stereocenters. The third kappa shape index (κ3) is 3.43. The fourth-order valence-electron chi connectivity index (χ4n) is 0.730. The Labute approximate surface area is 73.0 Å². The normalized spacial score (nSPS) is 10.7. The molecule has 0 saturated heterocycles. The smallest absolute Gasteiger partial charge is 0.152 e. The second-order valence-corrected chi connectivity index (χ2v) is 3.56. The predicted octanol–water partition coefficient (Wildman–Crippen LogP) is 1.82. The molecule has 0 fully saturated rings. The summed E-state index contributed by atoms with van der Waals surface area (Å²) in [4.78, 5) is 11.2. The number of carbonyl (C=O) groups is 1. The van der Waals surface area contributed by atoms with Crippen LogP contribution < -0.4 is 0 Å².